The van der Waals surface area contributed by atoms with Crippen LogP contribution in [0.1, 0.15) is 43.2 Å². The van der Waals surface area contributed by atoms with Gasteiger partial charge in [-0.2, -0.15) is 0 Å². The van der Waals surface area contributed by atoms with Crippen LogP contribution in [-0.2, 0) is 32.6 Å². The van der Waals surface area contributed by atoms with Crippen molar-refractivity contribution in [1.82, 2.24) is 10.2 Å². The lowest BCUT2D eigenvalue weighted by Gasteiger charge is -2.35. The molecule has 0 heterocycles. The monoisotopic (exact) mass is 717 g/mol. The Morgan fingerprint density at radius 1 is 0.841 bits per heavy atom. The molecular formula is C31H32Cl5N3O4S. The molecule has 1 saturated carbocycles. The number of halogens is 5. The Labute approximate surface area is 283 Å². The molecule has 3 aromatic carbocycles. The van der Waals surface area contributed by atoms with Gasteiger partial charge in [-0.05, 0) is 42.7 Å². The molecule has 0 radical (unpaired) electrons. The molecule has 0 aliphatic heterocycles. The molecule has 0 spiro atoms. The number of benzene rings is 3. The first-order valence-electron chi connectivity index (χ1n) is 14.0. The zero-order chi connectivity index (χ0) is 32.0. The quantitative estimate of drug-likeness (QED) is 0.205. The fraction of sp³-hybridized carbons (Fsp3) is 0.355. The summed E-state index contributed by atoms with van der Waals surface area (Å²) in [4.78, 5) is 29.7. The second-order valence-corrected chi connectivity index (χ2v) is 14.7. The van der Waals surface area contributed by atoms with Crippen molar-refractivity contribution in [3.8, 4) is 0 Å². The average Bonchev–Trinajstić information content (AvgIpc) is 2.97. The number of hydrogen-bond acceptors (Lipinski definition) is 4. The first-order valence-corrected chi connectivity index (χ1v) is 17.8. The van der Waals surface area contributed by atoms with E-state index in [1.54, 1.807) is 18.2 Å². The van der Waals surface area contributed by atoms with Gasteiger partial charge < -0.3 is 10.2 Å². The van der Waals surface area contributed by atoms with Gasteiger partial charge in [-0.25, -0.2) is 8.42 Å². The lowest BCUT2D eigenvalue weighted by Crippen LogP contribution is -2.55. The zero-order valence-corrected chi connectivity index (χ0v) is 28.5. The van der Waals surface area contributed by atoms with E-state index in [0.717, 1.165) is 48.2 Å². The van der Waals surface area contributed by atoms with Crippen LogP contribution < -0.4 is 9.62 Å². The highest BCUT2D eigenvalue weighted by atomic mass is 35.5. The molecule has 0 aromatic heterocycles. The first-order chi connectivity index (χ1) is 20.8. The molecule has 1 aliphatic rings. The molecule has 2 amide bonds. The van der Waals surface area contributed by atoms with Crippen LogP contribution in [-0.4, -0.2) is 50.0 Å². The summed E-state index contributed by atoms with van der Waals surface area (Å²) in [6.07, 6.45) is 5.90. The van der Waals surface area contributed by atoms with Crippen LogP contribution in [0.3, 0.4) is 0 Å². The topological polar surface area (TPSA) is 86.8 Å². The van der Waals surface area contributed by atoms with Gasteiger partial charge in [0.2, 0.25) is 21.8 Å². The van der Waals surface area contributed by atoms with Crippen LogP contribution >= 0.6 is 58.0 Å². The Balaban J connectivity index is 1.79. The van der Waals surface area contributed by atoms with E-state index in [9.17, 15) is 18.0 Å². The van der Waals surface area contributed by atoms with Crippen LogP contribution in [0.5, 0.6) is 0 Å². The maximum atomic E-state index is 14.3. The highest BCUT2D eigenvalue weighted by Crippen LogP contribution is 2.36. The SMILES string of the molecule is CS(=O)(=O)N(CC(=O)N(Cc1c(Cl)cccc1Cl)[C@H](Cc1ccccc1)C(=O)NC1CCCCC1)c1cc(Cl)c(Cl)cc1Cl. The minimum absolute atomic E-state index is 0.0193. The highest BCUT2D eigenvalue weighted by molar-refractivity contribution is 7.92. The lowest BCUT2D eigenvalue weighted by atomic mass is 9.94. The Morgan fingerprint density at radius 2 is 1.45 bits per heavy atom. The first kappa shape index (κ1) is 34.7. The number of carbonyl (C=O) groups excluding carboxylic acids is 2. The predicted octanol–water partition coefficient (Wildman–Crippen LogP) is 7.81. The summed E-state index contributed by atoms with van der Waals surface area (Å²) < 4.78 is 27.0. The predicted molar refractivity (Wildman–Crippen MR) is 180 cm³/mol. The summed E-state index contributed by atoms with van der Waals surface area (Å²) in [6.45, 7) is -0.833. The normalized spacial score (nSPS) is 14.6. The van der Waals surface area contributed by atoms with E-state index >= 15 is 0 Å². The average molecular weight is 720 g/mol. The number of amides is 2. The Morgan fingerprint density at radius 3 is 2.07 bits per heavy atom. The van der Waals surface area contributed by atoms with Crippen LogP contribution in [0.4, 0.5) is 5.69 Å². The van der Waals surface area contributed by atoms with Gasteiger partial charge in [0.05, 0.1) is 27.0 Å². The van der Waals surface area contributed by atoms with E-state index in [2.05, 4.69) is 5.32 Å². The largest absolute Gasteiger partial charge is 0.352 e. The van der Waals surface area contributed by atoms with Gasteiger partial charge in [-0.3, -0.25) is 13.9 Å². The van der Waals surface area contributed by atoms with Crippen LogP contribution in [0.15, 0.2) is 60.7 Å². The number of anilines is 1. The van der Waals surface area contributed by atoms with Gasteiger partial charge in [0.1, 0.15) is 12.6 Å². The summed E-state index contributed by atoms with van der Waals surface area (Å²) >= 11 is 31.7. The Kier molecular flexibility index (Phi) is 12.1. The van der Waals surface area contributed by atoms with Crippen molar-refractivity contribution in [2.75, 3.05) is 17.1 Å². The second-order valence-electron chi connectivity index (χ2n) is 10.8. The second kappa shape index (κ2) is 15.4. The molecule has 1 aliphatic carbocycles. The molecule has 0 bridgehead atoms. The number of nitrogens with one attached hydrogen (secondary N) is 1. The molecule has 1 N–H and O–H groups in total. The number of nitrogens with zero attached hydrogens (tertiary/aromatic N) is 2. The van der Waals surface area contributed by atoms with Crippen LogP contribution in [0.2, 0.25) is 25.1 Å². The number of sulfonamides is 1. The van der Waals surface area contributed by atoms with E-state index in [0.29, 0.717) is 15.6 Å². The molecule has 1 atom stereocenters. The number of hydrogen-bond donors (Lipinski definition) is 1. The van der Waals surface area contributed by atoms with Crippen molar-refractivity contribution in [2.24, 2.45) is 0 Å². The summed E-state index contributed by atoms with van der Waals surface area (Å²) in [5.41, 5.74) is 1.21. The molecular weight excluding hydrogens is 688 g/mol. The van der Waals surface area contributed by atoms with E-state index in [1.807, 2.05) is 30.3 Å². The molecule has 0 unspecified atom stereocenters. The standard InChI is InChI=1S/C31H32Cl5N3O4S/c1-44(42,43)39(28-17-26(35)25(34)16-27(28)36)19-30(40)38(18-22-23(32)13-8-14-24(22)33)29(15-20-9-4-2-5-10-20)31(41)37-21-11-6-3-7-12-21/h2,4-5,8-10,13-14,16-17,21,29H,3,6-7,11-12,15,18-19H2,1H3,(H,37,41)/t29-/m1/s1. The maximum absolute atomic E-state index is 14.3. The summed E-state index contributed by atoms with van der Waals surface area (Å²) in [5, 5.41) is 3.90. The van der Waals surface area contributed by atoms with Gasteiger partial charge in [-0.1, -0.05) is 114 Å². The fourth-order valence-electron chi connectivity index (χ4n) is 5.25. The Hall–Kier alpha value is -2.20. The minimum atomic E-state index is -4.07. The van der Waals surface area contributed by atoms with Gasteiger partial charge in [0.25, 0.3) is 0 Å². The summed E-state index contributed by atoms with van der Waals surface area (Å²) in [5.74, 6) is -1.02. The fourth-order valence-corrected chi connectivity index (χ4v) is 7.31. The van der Waals surface area contributed by atoms with Gasteiger partial charge in [0, 0.05) is 34.6 Å². The van der Waals surface area contributed by atoms with Crippen molar-refractivity contribution >= 4 is 85.5 Å². The van der Waals surface area contributed by atoms with E-state index in [-0.39, 0.29) is 45.7 Å². The molecule has 236 valence electrons. The summed E-state index contributed by atoms with van der Waals surface area (Å²) in [7, 11) is -4.07. The van der Waals surface area contributed by atoms with Gasteiger partial charge in [-0.15, -0.1) is 0 Å². The van der Waals surface area contributed by atoms with Crippen LogP contribution in [0, 0.1) is 0 Å². The molecule has 1 fully saturated rings. The van der Waals surface area contributed by atoms with Crippen molar-refractivity contribution in [3.63, 3.8) is 0 Å². The third-order valence-electron chi connectivity index (χ3n) is 7.55. The Bertz CT molecular complexity index is 1580. The van der Waals surface area contributed by atoms with Crippen molar-refractivity contribution in [1.29, 1.82) is 0 Å². The minimum Gasteiger partial charge on any atom is -0.352 e. The van der Waals surface area contributed by atoms with Crippen LogP contribution in [0.25, 0.3) is 0 Å². The van der Waals surface area contributed by atoms with E-state index < -0.39 is 28.5 Å². The number of carbonyl (C=O) groups is 2. The van der Waals surface area contributed by atoms with Crippen molar-refractivity contribution in [2.45, 2.75) is 57.2 Å². The highest BCUT2D eigenvalue weighted by Gasteiger charge is 2.35. The molecule has 13 heteroatoms. The molecule has 7 nitrogen and oxygen atoms in total. The van der Waals surface area contributed by atoms with E-state index in [1.165, 1.54) is 17.0 Å². The molecule has 4 rings (SSSR count). The lowest BCUT2D eigenvalue weighted by molar-refractivity contribution is -0.140. The van der Waals surface area contributed by atoms with Crippen molar-refractivity contribution in [3.05, 3.63) is 96.9 Å². The molecule has 0 saturated heterocycles. The van der Waals surface area contributed by atoms with E-state index in [4.69, 9.17) is 58.0 Å². The number of rotatable bonds is 11. The summed E-state index contributed by atoms with van der Waals surface area (Å²) in [6, 6.07) is 15.8. The smallest absolute Gasteiger partial charge is 0.244 e. The third kappa shape index (κ3) is 8.95. The van der Waals surface area contributed by atoms with Gasteiger partial charge >= 0.3 is 0 Å². The zero-order valence-electron chi connectivity index (χ0n) is 23.9. The third-order valence-corrected chi connectivity index (χ3v) is 10.4. The van der Waals surface area contributed by atoms with Crippen molar-refractivity contribution < 1.29 is 18.0 Å². The maximum Gasteiger partial charge on any atom is 0.244 e. The van der Waals surface area contributed by atoms with Gasteiger partial charge in [0.15, 0.2) is 0 Å². The molecule has 3 aromatic rings. The molecule has 44 heavy (non-hydrogen) atoms.